The van der Waals surface area contributed by atoms with E-state index in [1.165, 1.54) is 10.8 Å². The van der Waals surface area contributed by atoms with Crippen LogP contribution in [0.25, 0.3) is 10.8 Å². The summed E-state index contributed by atoms with van der Waals surface area (Å²) >= 11 is 5.21. The fourth-order valence-electron chi connectivity index (χ4n) is 2.28. The summed E-state index contributed by atoms with van der Waals surface area (Å²) in [5.41, 5.74) is 1.16. The molecule has 19 heavy (non-hydrogen) atoms. The average Bonchev–Trinajstić information content (AvgIpc) is 2.99. The summed E-state index contributed by atoms with van der Waals surface area (Å²) in [5, 5.41) is 12.4. The molecule has 1 atom stereocenters. The van der Waals surface area contributed by atoms with Gasteiger partial charge in [-0.2, -0.15) is 5.10 Å². The van der Waals surface area contributed by atoms with Gasteiger partial charge in [0.15, 0.2) is 0 Å². The maximum atomic E-state index is 4.68. The second-order valence-corrected chi connectivity index (χ2v) is 6.19. The van der Waals surface area contributed by atoms with E-state index in [1.807, 2.05) is 0 Å². The van der Waals surface area contributed by atoms with Crippen LogP contribution in [0.15, 0.2) is 56.1 Å². The van der Waals surface area contributed by atoms with Crippen molar-refractivity contribution in [1.82, 2.24) is 0 Å². The molecule has 2 heterocycles. The predicted molar refractivity (Wildman–Crippen MR) is 85.5 cm³/mol. The van der Waals surface area contributed by atoms with E-state index >= 15 is 0 Å². The fourth-order valence-corrected chi connectivity index (χ4v) is 3.75. The Morgan fingerprint density at radius 2 is 1.89 bits per heavy atom. The Bertz CT molecular complexity index is 779. The second kappa shape index (κ2) is 4.28. The number of aliphatic imine (C=N–C) groups is 1. The molecule has 0 aliphatic carbocycles. The van der Waals surface area contributed by atoms with Crippen molar-refractivity contribution in [3.8, 4) is 0 Å². The molecule has 0 amide bonds. The number of halogens is 1. The van der Waals surface area contributed by atoms with E-state index in [1.54, 1.807) is 18.0 Å². The molecule has 0 radical (unpaired) electrons. The highest BCUT2D eigenvalue weighted by molar-refractivity contribution is 9.10. The molecule has 2 aliphatic heterocycles. The summed E-state index contributed by atoms with van der Waals surface area (Å²) in [6.07, 6.45) is 1.79. The van der Waals surface area contributed by atoms with E-state index in [0.29, 0.717) is 0 Å². The first kappa shape index (κ1) is 11.4. The first-order chi connectivity index (χ1) is 9.33. The molecule has 0 N–H and O–H groups in total. The number of benzene rings is 2. The Hall–Kier alpha value is -1.46. The van der Waals surface area contributed by atoms with Crippen LogP contribution in [-0.2, 0) is 0 Å². The molecule has 0 spiro atoms. The highest BCUT2D eigenvalue weighted by Gasteiger charge is 2.28. The van der Waals surface area contributed by atoms with Gasteiger partial charge in [-0.15, -0.1) is 5.10 Å². The molecular weight excluding hydrogens is 322 g/mol. The summed E-state index contributed by atoms with van der Waals surface area (Å²) < 4.78 is 1.11. The lowest BCUT2D eigenvalue weighted by molar-refractivity contribution is 1.22. The van der Waals surface area contributed by atoms with Gasteiger partial charge in [-0.1, -0.05) is 46.3 Å². The van der Waals surface area contributed by atoms with Gasteiger partial charge in [-0.3, -0.25) is 4.99 Å². The number of fused-ring (bicyclic) bond motifs is 2. The molecular formula is C14H8BrN3S. The zero-order valence-corrected chi connectivity index (χ0v) is 12.1. The van der Waals surface area contributed by atoms with Gasteiger partial charge >= 0.3 is 0 Å². The lowest BCUT2D eigenvalue weighted by Gasteiger charge is -2.06. The fraction of sp³-hybridized carbons (Fsp3) is 0.0714. The third kappa shape index (κ3) is 1.76. The van der Waals surface area contributed by atoms with Gasteiger partial charge < -0.3 is 0 Å². The van der Waals surface area contributed by atoms with E-state index in [9.17, 15) is 0 Å². The van der Waals surface area contributed by atoms with Crippen molar-refractivity contribution in [2.75, 3.05) is 0 Å². The Morgan fingerprint density at radius 1 is 1.05 bits per heavy atom. The maximum absolute atomic E-state index is 4.68. The predicted octanol–water partition coefficient (Wildman–Crippen LogP) is 3.86. The SMILES string of the molecule is Brc1cccc2c(C3=NC4C=NN=C4S3)cccc12. The molecule has 2 aliphatic rings. The van der Waals surface area contributed by atoms with Gasteiger partial charge in [0, 0.05) is 10.0 Å². The molecule has 0 bridgehead atoms. The van der Waals surface area contributed by atoms with E-state index < -0.39 is 0 Å². The Morgan fingerprint density at radius 3 is 2.79 bits per heavy atom. The standard InChI is InChI=1S/C14H8BrN3S/c15-11-6-2-3-8-9(11)4-1-5-10(8)13-17-12-7-16-18-14(12)19-13/h1-7,12H. The third-order valence-electron chi connectivity index (χ3n) is 3.17. The Labute approximate surface area is 122 Å². The van der Waals surface area contributed by atoms with Gasteiger partial charge in [-0.25, -0.2) is 0 Å². The minimum Gasteiger partial charge on any atom is -0.261 e. The van der Waals surface area contributed by atoms with Crippen molar-refractivity contribution < 1.29 is 0 Å². The quantitative estimate of drug-likeness (QED) is 0.782. The molecule has 3 nitrogen and oxygen atoms in total. The molecule has 0 aromatic heterocycles. The van der Waals surface area contributed by atoms with Crippen molar-refractivity contribution in [3.05, 3.63) is 46.4 Å². The highest BCUT2D eigenvalue weighted by Crippen LogP contribution is 2.33. The minimum atomic E-state index is 0.0300. The summed E-state index contributed by atoms with van der Waals surface area (Å²) in [6.45, 7) is 0. The van der Waals surface area contributed by atoms with Crippen LogP contribution < -0.4 is 0 Å². The number of thioether (sulfide) groups is 1. The maximum Gasteiger partial charge on any atom is 0.138 e. The third-order valence-corrected chi connectivity index (χ3v) is 4.92. The molecule has 0 fully saturated rings. The lowest BCUT2D eigenvalue weighted by Crippen LogP contribution is -2.06. The largest absolute Gasteiger partial charge is 0.261 e. The van der Waals surface area contributed by atoms with Gasteiger partial charge in [0.2, 0.25) is 0 Å². The minimum absolute atomic E-state index is 0.0300. The molecule has 92 valence electrons. The number of hydrogen-bond donors (Lipinski definition) is 0. The van der Waals surface area contributed by atoms with Crippen LogP contribution in [0.5, 0.6) is 0 Å². The van der Waals surface area contributed by atoms with Crippen LogP contribution >= 0.6 is 27.7 Å². The van der Waals surface area contributed by atoms with Crippen molar-refractivity contribution in [3.63, 3.8) is 0 Å². The van der Waals surface area contributed by atoms with Crippen LogP contribution in [0, 0.1) is 0 Å². The molecule has 1 unspecified atom stereocenters. The van der Waals surface area contributed by atoms with Crippen LogP contribution in [0.4, 0.5) is 0 Å². The number of rotatable bonds is 1. The second-order valence-electron chi connectivity index (χ2n) is 4.32. The topological polar surface area (TPSA) is 37.1 Å². The van der Waals surface area contributed by atoms with E-state index in [2.05, 4.69) is 67.5 Å². The first-order valence-electron chi connectivity index (χ1n) is 5.87. The number of hydrogen-bond acceptors (Lipinski definition) is 4. The molecule has 2 aromatic carbocycles. The summed E-state index contributed by atoms with van der Waals surface area (Å²) in [5.74, 6) is 0. The summed E-state index contributed by atoms with van der Waals surface area (Å²) in [6, 6.07) is 12.6. The van der Waals surface area contributed by atoms with Gasteiger partial charge in [-0.05, 0) is 28.6 Å². The van der Waals surface area contributed by atoms with Gasteiger partial charge in [0.1, 0.15) is 16.1 Å². The zero-order valence-electron chi connectivity index (χ0n) is 9.75. The van der Waals surface area contributed by atoms with E-state index in [0.717, 1.165) is 20.1 Å². The zero-order chi connectivity index (χ0) is 12.8. The van der Waals surface area contributed by atoms with Gasteiger partial charge in [0.05, 0.1) is 6.21 Å². The van der Waals surface area contributed by atoms with Crippen LogP contribution in [0.1, 0.15) is 5.56 Å². The van der Waals surface area contributed by atoms with Crippen LogP contribution in [0.3, 0.4) is 0 Å². The Kier molecular flexibility index (Phi) is 2.56. The summed E-state index contributed by atoms with van der Waals surface area (Å²) in [4.78, 5) is 4.68. The molecule has 0 saturated heterocycles. The molecule has 4 rings (SSSR count). The Balaban J connectivity index is 1.91. The van der Waals surface area contributed by atoms with Crippen molar-refractivity contribution >= 4 is 54.8 Å². The molecule has 0 saturated carbocycles. The number of nitrogens with zero attached hydrogens (tertiary/aromatic N) is 3. The van der Waals surface area contributed by atoms with Crippen molar-refractivity contribution in [2.45, 2.75) is 6.04 Å². The lowest BCUT2D eigenvalue weighted by atomic mass is 10.1. The van der Waals surface area contributed by atoms with Crippen molar-refractivity contribution in [1.29, 1.82) is 0 Å². The molecule has 5 heteroatoms. The van der Waals surface area contributed by atoms with Gasteiger partial charge in [0.25, 0.3) is 0 Å². The van der Waals surface area contributed by atoms with Crippen LogP contribution in [-0.4, -0.2) is 22.3 Å². The smallest absolute Gasteiger partial charge is 0.138 e. The normalized spacial score (nSPS) is 20.6. The molecule has 2 aromatic rings. The summed E-state index contributed by atoms with van der Waals surface area (Å²) in [7, 11) is 0. The first-order valence-corrected chi connectivity index (χ1v) is 7.48. The average molecular weight is 330 g/mol. The monoisotopic (exact) mass is 329 g/mol. The van der Waals surface area contributed by atoms with Crippen LogP contribution in [0.2, 0.25) is 0 Å². The highest BCUT2D eigenvalue weighted by atomic mass is 79.9. The van der Waals surface area contributed by atoms with Crippen molar-refractivity contribution in [2.24, 2.45) is 15.2 Å². The van der Waals surface area contributed by atoms with E-state index in [4.69, 9.17) is 0 Å². The van der Waals surface area contributed by atoms with E-state index in [-0.39, 0.29) is 6.04 Å².